The fourth-order valence-corrected chi connectivity index (χ4v) is 3.54. The molecule has 1 aromatic heterocycles. The maximum absolute atomic E-state index is 13.9. The molecule has 39 heavy (non-hydrogen) atoms. The second-order valence-corrected chi connectivity index (χ2v) is 8.44. The first-order valence-corrected chi connectivity index (χ1v) is 11.2. The van der Waals surface area contributed by atoms with Gasteiger partial charge in [-0.25, -0.2) is 9.07 Å². The Hall–Kier alpha value is -4.14. The van der Waals surface area contributed by atoms with Gasteiger partial charge in [0.25, 0.3) is 11.8 Å². The Morgan fingerprint density at radius 1 is 1.08 bits per heavy atom. The number of amides is 2. The molecule has 0 saturated carbocycles. The number of aliphatic hydroxyl groups is 1. The zero-order chi connectivity index (χ0) is 29.2. The summed E-state index contributed by atoms with van der Waals surface area (Å²) < 4.78 is 95.0. The average molecular weight is 561 g/mol. The number of hydrogen-bond acceptors (Lipinski definition) is 5. The Balaban J connectivity index is 1.80. The Morgan fingerprint density at radius 2 is 1.72 bits per heavy atom. The van der Waals surface area contributed by atoms with Gasteiger partial charge in [-0.1, -0.05) is 6.07 Å². The van der Waals surface area contributed by atoms with Crippen molar-refractivity contribution in [2.45, 2.75) is 24.9 Å². The largest absolute Gasteiger partial charge is 0.420 e. The summed E-state index contributed by atoms with van der Waals surface area (Å²) in [6, 6.07) is 7.89. The van der Waals surface area contributed by atoms with Crippen molar-refractivity contribution in [3.8, 4) is 5.69 Å². The van der Waals surface area contributed by atoms with Crippen molar-refractivity contribution < 1.29 is 45.4 Å². The van der Waals surface area contributed by atoms with Crippen LogP contribution in [0.1, 0.15) is 33.2 Å². The summed E-state index contributed by atoms with van der Waals surface area (Å²) in [5.41, 5.74) is 0.379. The van der Waals surface area contributed by atoms with E-state index in [1.54, 1.807) is 0 Å². The van der Waals surface area contributed by atoms with Crippen LogP contribution < -0.4 is 11.1 Å². The summed E-state index contributed by atoms with van der Waals surface area (Å²) in [5.74, 6) is -3.18. The summed E-state index contributed by atoms with van der Waals surface area (Å²) in [6.07, 6.45) is -9.21. The van der Waals surface area contributed by atoms with Gasteiger partial charge >= 0.3 is 12.4 Å². The number of aromatic nitrogens is 2. The highest BCUT2D eigenvalue weighted by Crippen LogP contribution is 2.33. The molecule has 15 heteroatoms. The van der Waals surface area contributed by atoms with Crippen LogP contribution in [0.2, 0.25) is 0 Å². The lowest BCUT2D eigenvalue weighted by atomic mass is 10.0. The van der Waals surface area contributed by atoms with Crippen LogP contribution in [0.4, 0.5) is 36.6 Å². The molecule has 0 radical (unpaired) electrons. The number of halogens is 7. The molecule has 3 rings (SSSR count). The van der Waals surface area contributed by atoms with Gasteiger partial charge in [-0.05, 0) is 49.4 Å². The second kappa shape index (κ2) is 10.9. The predicted octanol–water partition coefficient (Wildman–Crippen LogP) is 3.80. The molecule has 0 spiro atoms. The molecular weight excluding hydrogens is 539 g/mol. The van der Waals surface area contributed by atoms with Crippen molar-refractivity contribution in [2.24, 2.45) is 0 Å². The van der Waals surface area contributed by atoms with E-state index in [4.69, 9.17) is 5.73 Å². The van der Waals surface area contributed by atoms with Crippen molar-refractivity contribution in [3.05, 3.63) is 77.2 Å². The summed E-state index contributed by atoms with van der Waals surface area (Å²) in [5, 5.41) is 16.3. The molecule has 0 fully saturated rings. The van der Waals surface area contributed by atoms with Gasteiger partial charge in [-0.3, -0.25) is 9.59 Å². The molecule has 0 aliphatic carbocycles. The molecule has 8 nitrogen and oxygen atoms in total. The number of nitrogens with two attached hydrogens (primary N) is 1. The summed E-state index contributed by atoms with van der Waals surface area (Å²) >= 11 is 0. The van der Waals surface area contributed by atoms with Gasteiger partial charge in [0.05, 0.1) is 30.5 Å². The normalized spacial score (nSPS) is 13.6. The Labute approximate surface area is 216 Å². The maximum Gasteiger partial charge on any atom is 0.420 e. The number of carbonyl (C=O) groups excluding carboxylic acids is 2. The van der Waals surface area contributed by atoms with E-state index >= 15 is 0 Å². The second-order valence-electron chi connectivity index (χ2n) is 8.44. The standard InChI is InChI=1S/C24H22F7N5O3/c1-2-35(21(38)14-4-3-5-15(10-14)23(26,27)28)13-22(39,24(29,30)31)12-33-20(37)18-11-34-36(19(18)32)17-8-6-16(25)7-9-17/h3-11,39H,2,12-13,32H2,1H3,(H,33,37). The van der Waals surface area contributed by atoms with Crippen molar-refractivity contribution in [1.82, 2.24) is 20.0 Å². The van der Waals surface area contributed by atoms with Gasteiger partial charge in [0.2, 0.25) is 0 Å². The van der Waals surface area contributed by atoms with E-state index in [0.717, 1.165) is 35.1 Å². The molecular formula is C24H22F7N5O3. The van der Waals surface area contributed by atoms with E-state index in [2.05, 4.69) is 5.10 Å². The van der Waals surface area contributed by atoms with Gasteiger partial charge < -0.3 is 21.1 Å². The topological polar surface area (TPSA) is 113 Å². The fraction of sp³-hybridized carbons (Fsp3) is 0.292. The number of benzene rings is 2. The molecule has 0 bridgehead atoms. The highest BCUT2D eigenvalue weighted by molar-refractivity contribution is 5.98. The molecule has 0 aliphatic heterocycles. The van der Waals surface area contributed by atoms with Crippen molar-refractivity contribution >= 4 is 17.6 Å². The lowest BCUT2D eigenvalue weighted by Crippen LogP contribution is -2.60. The van der Waals surface area contributed by atoms with Crippen LogP contribution in [0.3, 0.4) is 0 Å². The van der Waals surface area contributed by atoms with Gasteiger partial charge in [0.1, 0.15) is 17.2 Å². The number of anilines is 1. The molecule has 2 amide bonds. The number of nitrogens with zero attached hydrogens (tertiary/aromatic N) is 3. The minimum Gasteiger partial charge on any atom is -0.383 e. The number of hydrogen-bond donors (Lipinski definition) is 3. The lowest BCUT2D eigenvalue weighted by Gasteiger charge is -2.35. The Morgan fingerprint density at radius 3 is 2.28 bits per heavy atom. The molecule has 1 unspecified atom stereocenters. The van der Waals surface area contributed by atoms with Gasteiger partial charge in [-0.15, -0.1) is 0 Å². The van der Waals surface area contributed by atoms with Crippen LogP contribution in [0.15, 0.2) is 54.7 Å². The zero-order valence-electron chi connectivity index (χ0n) is 20.1. The SMILES string of the molecule is CCN(CC(O)(CNC(=O)c1cnn(-c2ccc(F)cc2)c1N)C(F)(F)F)C(=O)c1cccc(C(F)(F)F)c1. The summed E-state index contributed by atoms with van der Waals surface area (Å²) in [4.78, 5) is 25.9. The Bertz CT molecular complexity index is 1340. The van der Waals surface area contributed by atoms with Crippen molar-refractivity contribution in [1.29, 1.82) is 0 Å². The number of rotatable bonds is 8. The predicted molar refractivity (Wildman–Crippen MR) is 124 cm³/mol. The smallest absolute Gasteiger partial charge is 0.383 e. The van der Waals surface area contributed by atoms with E-state index in [0.29, 0.717) is 17.0 Å². The number of nitrogens with one attached hydrogen (secondary N) is 1. The van der Waals surface area contributed by atoms with E-state index in [1.807, 2.05) is 5.32 Å². The molecule has 210 valence electrons. The van der Waals surface area contributed by atoms with Crippen LogP contribution in [-0.2, 0) is 6.18 Å². The Kier molecular flexibility index (Phi) is 8.24. The van der Waals surface area contributed by atoms with Crippen LogP contribution in [0.25, 0.3) is 5.69 Å². The molecule has 4 N–H and O–H groups in total. The molecule has 0 aliphatic rings. The first-order valence-electron chi connectivity index (χ1n) is 11.2. The third kappa shape index (κ3) is 6.47. The monoisotopic (exact) mass is 561 g/mol. The first kappa shape index (κ1) is 29.4. The summed E-state index contributed by atoms with van der Waals surface area (Å²) in [7, 11) is 0. The molecule has 0 saturated heterocycles. The molecule has 2 aromatic carbocycles. The summed E-state index contributed by atoms with van der Waals surface area (Å²) in [6.45, 7) is -1.96. The van der Waals surface area contributed by atoms with Gasteiger partial charge in [0, 0.05) is 12.1 Å². The van der Waals surface area contributed by atoms with Crippen LogP contribution in [0, 0.1) is 5.82 Å². The number of likely N-dealkylation sites (N-methyl/N-ethyl adjacent to an activating group) is 1. The lowest BCUT2D eigenvalue weighted by molar-refractivity contribution is -0.259. The van der Waals surface area contributed by atoms with E-state index in [-0.39, 0.29) is 17.1 Å². The van der Waals surface area contributed by atoms with E-state index in [1.165, 1.54) is 19.1 Å². The van der Waals surface area contributed by atoms with Crippen molar-refractivity contribution in [2.75, 3.05) is 25.4 Å². The third-order valence-electron chi connectivity index (χ3n) is 5.75. The van der Waals surface area contributed by atoms with E-state index < -0.39 is 66.3 Å². The first-order chi connectivity index (χ1) is 18.1. The fourth-order valence-electron chi connectivity index (χ4n) is 3.54. The average Bonchev–Trinajstić information content (AvgIpc) is 3.26. The zero-order valence-corrected chi connectivity index (χ0v) is 20.1. The highest BCUT2D eigenvalue weighted by Gasteiger charge is 2.55. The van der Waals surface area contributed by atoms with Gasteiger partial charge in [0.15, 0.2) is 5.60 Å². The number of nitrogen functional groups attached to an aromatic ring is 1. The minimum absolute atomic E-state index is 0.256. The van der Waals surface area contributed by atoms with Gasteiger partial charge in [-0.2, -0.15) is 31.4 Å². The molecule has 3 aromatic rings. The van der Waals surface area contributed by atoms with Crippen molar-refractivity contribution in [3.63, 3.8) is 0 Å². The third-order valence-corrected chi connectivity index (χ3v) is 5.75. The number of alkyl halides is 6. The van der Waals surface area contributed by atoms with Crippen LogP contribution in [-0.4, -0.2) is 63.0 Å². The maximum atomic E-state index is 13.9. The van der Waals surface area contributed by atoms with Crippen LogP contribution >= 0.6 is 0 Å². The quantitative estimate of drug-likeness (QED) is 0.362. The minimum atomic E-state index is -5.37. The van der Waals surface area contributed by atoms with E-state index in [9.17, 15) is 45.4 Å². The molecule has 1 atom stereocenters. The van der Waals surface area contributed by atoms with Crippen LogP contribution in [0.5, 0.6) is 0 Å². The number of carbonyl (C=O) groups is 2. The highest BCUT2D eigenvalue weighted by atomic mass is 19.4. The molecule has 1 heterocycles.